The molecule has 0 unspecified atom stereocenters. The number of hydrogen-bond acceptors (Lipinski definition) is 3. The molecular formula is C16H10Cl2O3. The Bertz CT molecular complexity index is 723. The fourth-order valence-electron chi connectivity index (χ4n) is 1.56. The van der Waals surface area contributed by atoms with Gasteiger partial charge < -0.3 is 9.15 Å². The first-order valence-electron chi connectivity index (χ1n) is 5.93. The molecule has 0 saturated heterocycles. The number of rotatable bonds is 4. The van der Waals surface area contributed by atoms with Crippen LogP contribution in [0, 0.1) is 12.3 Å². The Kier molecular flexibility index (Phi) is 5.10. The molecule has 0 amide bonds. The van der Waals surface area contributed by atoms with Crippen LogP contribution in [0.3, 0.4) is 0 Å². The Morgan fingerprint density at radius 1 is 1.29 bits per heavy atom. The maximum absolute atomic E-state index is 11.3. The number of terminal acetylenes is 1. The van der Waals surface area contributed by atoms with Crippen molar-refractivity contribution < 1.29 is 13.9 Å². The van der Waals surface area contributed by atoms with E-state index in [0.29, 0.717) is 21.6 Å². The van der Waals surface area contributed by atoms with E-state index < -0.39 is 5.97 Å². The Balaban J connectivity index is 2.11. The first kappa shape index (κ1) is 15.2. The predicted octanol–water partition coefficient (Wildman–Crippen LogP) is 4.44. The van der Waals surface area contributed by atoms with Crippen molar-refractivity contribution in [1.82, 2.24) is 0 Å². The lowest BCUT2D eigenvalue weighted by Crippen LogP contribution is -1.99. The molecule has 1 aromatic heterocycles. The van der Waals surface area contributed by atoms with Gasteiger partial charge in [-0.25, -0.2) is 4.79 Å². The van der Waals surface area contributed by atoms with Crippen molar-refractivity contribution in [3.8, 4) is 23.7 Å². The molecule has 3 nitrogen and oxygen atoms in total. The summed E-state index contributed by atoms with van der Waals surface area (Å²) < 4.78 is 10.3. The molecule has 2 aromatic rings. The summed E-state index contributed by atoms with van der Waals surface area (Å²) in [5, 5.41) is 0.920. The Morgan fingerprint density at radius 2 is 2.10 bits per heavy atom. The first-order chi connectivity index (χ1) is 10.1. The van der Waals surface area contributed by atoms with Crippen LogP contribution in [0.5, 0.6) is 0 Å². The number of hydrogen-bond donors (Lipinski definition) is 0. The summed E-state index contributed by atoms with van der Waals surface area (Å²) in [5.74, 6) is 2.81. The van der Waals surface area contributed by atoms with Crippen LogP contribution in [0.2, 0.25) is 10.0 Å². The lowest BCUT2D eigenvalue weighted by molar-refractivity contribution is -0.136. The van der Waals surface area contributed by atoms with Crippen molar-refractivity contribution in [3.05, 3.63) is 52.2 Å². The minimum absolute atomic E-state index is 0.0597. The van der Waals surface area contributed by atoms with Gasteiger partial charge in [0.1, 0.15) is 11.5 Å². The van der Waals surface area contributed by atoms with E-state index in [1.807, 2.05) is 0 Å². The highest BCUT2D eigenvalue weighted by atomic mass is 35.5. The van der Waals surface area contributed by atoms with Gasteiger partial charge in [0.25, 0.3) is 0 Å². The molecule has 2 rings (SSSR count). The fourth-order valence-corrected chi connectivity index (χ4v) is 1.86. The molecule has 1 aromatic carbocycles. The highest BCUT2D eigenvalue weighted by Crippen LogP contribution is 2.29. The van der Waals surface area contributed by atoms with E-state index in [1.54, 1.807) is 30.3 Å². The summed E-state index contributed by atoms with van der Waals surface area (Å²) in [4.78, 5) is 11.3. The highest BCUT2D eigenvalue weighted by Gasteiger charge is 2.06. The van der Waals surface area contributed by atoms with E-state index in [4.69, 9.17) is 38.8 Å². The standard InChI is InChI=1S/C16H10Cl2O3/c1-2-9-20-16(19)8-5-12-4-7-15(21-12)11-3-6-13(17)14(18)10-11/h1,3-8,10H,9H2/b8-5+. The second-order valence-electron chi connectivity index (χ2n) is 3.98. The van der Waals surface area contributed by atoms with Crippen molar-refractivity contribution in [3.63, 3.8) is 0 Å². The molecule has 0 aliphatic heterocycles. The highest BCUT2D eigenvalue weighted by molar-refractivity contribution is 6.42. The van der Waals surface area contributed by atoms with Gasteiger partial charge >= 0.3 is 5.97 Å². The number of esters is 1. The number of benzene rings is 1. The molecule has 0 aliphatic carbocycles. The van der Waals surface area contributed by atoms with E-state index in [0.717, 1.165) is 5.56 Å². The van der Waals surface area contributed by atoms with Gasteiger partial charge in [0.05, 0.1) is 10.0 Å². The van der Waals surface area contributed by atoms with Crippen LogP contribution in [0.25, 0.3) is 17.4 Å². The zero-order chi connectivity index (χ0) is 15.2. The van der Waals surface area contributed by atoms with Crippen LogP contribution in [-0.4, -0.2) is 12.6 Å². The van der Waals surface area contributed by atoms with Crippen molar-refractivity contribution in [2.75, 3.05) is 6.61 Å². The average Bonchev–Trinajstić information content (AvgIpc) is 2.94. The minimum atomic E-state index is -0.527. The molecule has 1 heterocycles. The van der Waals surface area contributed by atoms with Crippen LogP contribution < -0.4 is 0 Å². The molecule has 21 heavy (non-hydrogen) atoms. The molecule has 0 saturated carbocycles. The summed E-state index contributed by atoms with van der Waals surface area (Å²) >= 11 is 11.8. The van der Waals surface area contributed by atoms with Gasteiger partial charge in [-0.15, -0.1) is 6.42 Å². The van der Waals surface area contributed by atoms with E-state index in [-0.39, 0.29) is 6.61 Å². The number of carbonyl (C=O) groups is 1. The minimum Gasteiger partial charge on any atom is -0.457 e. The van der Waals surface area contributed by atoms with Crippen molar-refractivity contribution in [2.45, 2.75) is 0 Å². The maximum Gasteiger partial charge on any atom is 0.331 e. The van der Waals surface area contributed by atoms with Crippen molar-refractivity contribution in [2.24, 2.45) is 0 Å². The number of ether oxygens (including phenoxy) is 1. The fraction of sp³-hybridized carbons (Fsp3) is 0.0625. The molecule has 0 fully saturated rings. The number of carbonyl (C=O) groups excluding carboxylic acids is 1. The second-order valence-corrected chi connectivity index (χ2v) is 4.79. The zero-order valence-electron chi connectivity index (χ0n) is 10.8. The summed E-state index contributed by atoms with van der Waals surface area (Å²) in [6.45, 7) is -0.0597. The van der Waals surface area contributed by atoms with Crippen LogP contribution in [0.15, 0.2) is 40.8 Å². The number of furan rings is 1. The van der Waals surface area contributed by atoms with Gasteiger partial charge in [0.15, 0.2) is 6.61 Å². The van der Waals surface area contributed by atoms with Gasteiger partial charge in [-0.2, -0.15) is 0 Å². The molecule has 0 atom stereocenters. The lowest BCUT2D eigenvalue weighted by atomic mass is 10.2. The largest absolute Gasteiger partial charge is 0.457 e. The van der Waals surface area contributed by atoms with E-state index in [9.17, 15) is 4.79 Å². The van der Waals surface area contributed by atoms with Crippen LogP contribution in [0.1, 0.15) is 5.76 Å². The third kappa shape index (κ3) is 4.16. The van der Waals surface area contributed by atoms with Gasteiger partial charge in [0.2, 0.25) is 0 Å². The van der Waals surface area contributed by atoms with Crippen LogP contribution >= 0.6 is 23.2 Å². The van der Waals surface area contributed by atoms with Crippen LogP contribution in [-0.2, 0) is 9.53 Å². The Labute approximate surface area is 132 Å². The van der Waals surface area contributed by atoms with Gasteiger partial charge in [-0.3, -0.25) is 0 Å². The predicted molar refractivity (Wildman–Crippen MR) is 83.0 cm³/mol. The van der Waals surface area contributed by atoms with E-state index >= 15 is 0 Å². The summed E-state index contributed by atoms with van der Waals surface area (Å²) in [5.41, 5.74) is 0.791. The molecule has 0 N–H and O–H groups in total. The van der Waals surface area contributed by atoms with E-state index in [1.165, 1.54) is 12.2 Å². The van der Waals surface area contributed by atoms with Crippen molar-refractivity contribution in [1.29, 1.82) is 0 Å². The Morgan fingerprint density at radius 3 is 2.81 bits per heavy atom. The summed E-state index contributed by atoms with van der Waals surface area (Å²) in [6.07, 6.45) is 7.73. The van der Waals surface area contributed by atoms with Gasteiger partial charge in [-0.05, 0) is 36.4 Å². The molecule has 0 aliphatic rings. The second kappa shape index (κ2) is 7.03. The quantitative estimate of drug-likeness (QED) is 0.475. The maximum atomic E-state index is 11.3. The smallest absolute Gasteiger partial charge is 0.331 e. The Hall–Kier alpha value is -2.15. The summed E-state index contributed by atoms with van der Waals surface area (Å²) in [7, 11) is 0. The monoisotopic (exact) mass is 320 g/mol. The SMILES string of the molecule is C#CCOC(=O)/C=C/c1ccc(-c2ccc(Cl)c(Cl)c2)o1. The van der Waals surface area contributed by atoms with Gasteiger partial charge in [-0.1, -0.05) is 29.1 Å². The lowest BCUT2D eigenvalue weighted by Gasteiger charge is -1.99. The molecule has 0 spiro atoms. The molecule has 0 radical (unpaired) electrons. The zero-order valence-corrected chi connectivity index (χ0v) is 12.3. The molecule has 5 heteroatoms. The van der Waals surface area contributed by atoms with Gasteiger partial charge in [0, 0.05) is 11.6 Å². The average molecular weight is 321 g/mol. The topological polar surface area (TPSA) is 39.4 Å². The first-order valence-corrected chi connectivity index (χ1v) is 6.69. The third-order valence-electron chi connectivity index (χ3n) is 2.51. The van der Waals surface area contributed by atoms with E-state index in [2.05, 4.69) is 5.92 Å². The van der Waals surface area contributed by atoms with Crippen LogP contribution in [0.4, 0.5) is 0 Å². The summed E-state index contributed by atoms with van der Waals surface area (Å²) in [6, 6.07) is 8.68. The molecule has 106 valence electrons. The molecular weight excluding hydrogens is 311 g/mol. The van der Waals surface area contributed by atoms with Crippen molar-refractivity contribution >= 4 is 35.2 Å². The molecule has 0 bridgehead atoms. The normalized spacial score (nSPS) is 10.5. The number of halogens is 2. The third-order valence-corrected chi connectivity index (χ3v) is 3.25.